The number of rotatable bonds is 3. The highest BCUT2D eigenvalue weighted by Crippen LogP contribution is 2.60. The summed E-state index contributed by atoms with van der Waals surface area (Å²) in [4.78, 5) is 16.1. The van der Waals surface area contributed by atoms with Crippen molar-refractivity contribution in [3.8, 4) is 0 Å². The Bertz CT molecular complexity index is 513. The zero-order valence-electron chi connectivity index (χ0n) is 12.3. The maximum atomic E-state index is 11.5. The molecule has 108 valence electrons. The van der Waals surface area contributed by atoms with Crippen LogP contribution in [0, 0.1) is 17.8 Å². The fraction of sp³-hybridized carbons (Fsp3) is 0.812. The highest BCUT2D eigenvalue weighted by Gasteiger charge is 2.53. The van der Waals surface area contributed by atoms with Crippen LogP contribution in [-0.2, 0) is 10.2 Å². The van der Waals surface area contributed by atoms with Crippen LogP contribution in [-0.4, -0.2) is 15.9 Å². The molecule has 4 aliphatic rings. The van der Waals surface area contributed by atoms with Crippen LogP contribution < -0.4 is 0 Å². The molecule has 0 radical (unpaired) electrons. The van der Waals surface area contributed by atoms with Gasteiger partial charge in [-0.15, -0.1) is 0 Å². The molecule has 5 rings (SSSR count). The van der Waals surface area contributed by atoms with Gasteiger partial charge >= 0.3 is 0 Å². The van der Waals surface area contributed by atoms with Crippen molar-refractivity contribution in [2.24, 2.45) is 17.8 Å². The Morgan fingerprint density at radius 1 is 1.20 bits per heavy atom. The SMILES string of the molecule is CC(=O)C(C)c1nc(C23CC4CC(CC(C4)C2)C3)no1. The summed E-state index contributed by atoms with van der Waals surface area (Å²) in [5, 5.41) is 4.27. The topological polar surface area (TPSA) is 56.0 Å². The first kappa shape index (κ1) is 12.5. The molecule has 4 saturated carbocycles. The van der Waals surface area contributed by atoms with E-state index in [9.17, 15) is 4.79 Å². The first-order valence-electron chi connectivity index (χ1n) is 7.90. The van der Waals surface area contributed by atoms with Crippen molar-refractivity contribution in [3.63, 3.8) is 0 Å². The molecule has 1 atom stereocenters. The quantitative estimate of drug-likeness (QED) is 0.849. The number of hydrogen-bond acceptors (Lipinski definition) is 4. The molecular formula is C16H22N2O2. The second kappa shape index (κ2) is 4.15. The van der Waals surface area contributed by atoms with E-state index in [0.29, 0.717) is 5.89 Å². The van der Waals surface area contributed by atoms with Crippen LogP contribution in [0.15, 0.2) is 4.52 Å². The third-order valence-corrected chi connectivity index (χ3v) is 5.93. The maximum absolute atomic E-state index is 11.5. The van der Waals surface area contributed by atoms with E-state index in [1.807, 2.05) is 6.92 Å². The smallest absolute Gasteiger partial charge is 0.236 e. The molecule has 4 nitrogen and oxygen atoms in total. The summed E-state index contributed by atoms with van der Waals surface area (Å²) >= 11 is 0. The maximum Gasteiger partial charge on any atom is 0.236 e. The number of carbonyl (C=O) groups is 1. The van der Waals surface area contributed by atoms with Gasteiger partial charge in [-0.2, -0.15) is 4.98 Å². The van der Waals surface area contributed by atoms with Crippen molar-refractivity contribution in [1.29, 1.82) is 0 Å². The molecule has 4 bridgehead atoms. The van der Waals surface area contributed by atoms with Gasteiger partial charge in [0.05, 0.1) is 5.92 Å². The van der Waals surface area contributed by atoms with Crippen molar-refractivity contribution < 1.29 is 9.32 Å². The van der Waals surface area contributed by atoms with Crippen LogP contribution in [0.5, 0.6) is 0 Å². The predicted molar refractivity (Wildman–Crippen MR) is 73.2 cm³/mol. The molecule has 0 aliphatic heterocycles. The molecule has 1 aromatic heterocycles. The number of hydrogen-bond donors (Lipinski definition) is 0. The number of ketones is 1. The van der Waals surface area contributed by atoms with Gasteiger partial charge in [-0.1, -0.05) is 5.16 Å². The van der Waals surface area contributed by atoms with Crippen LogP contribution in [0.2, 0.25) is 0 Å². The Balaban J connectivity index is 1.66. The standard InChI is InChI=1S/C16H22N2O2/c1-9(10(2)19)14-17-15(18-20-14)16-6-11-3-12(7-16)5-13(4-11)8-16/h9,11-13H,3-8H2,1-2H3. The minimum Gasteiger partial charge on any atom is -0.339 e. The molecule has 4 fully saturated rings. The normalized spacial score (nSPS) is 40.0. The number of nitrogens with zero attached hydrogens (tertiary/aromatic N) is 2. The summed E-state index contributed by atoms with van der Waals surface area (Å²) in [6, 6.07) is 0. The number of aromatic nitrogens is 2. The van der Waals surface area contributed by atoms with Gasteiger partial charge in [-0.25, -0.2) is 0 Å². The Morgan fingerprint density at radius 3 is 2.25 bits per heavy atom. The van der Waals surface area contributed by atoms with Gasteiger partial charge in [-0.05, 0) is 70.1 Å². The minimum absolute atomic E-state index is 0.0886. The third-order valence-electron chi connectivity index (χ3n) is 5.93. The summed E-state index contributed by atoms with van der Waals surface area (Å²) in [6.45, 7) is 3.43. The largest absolute Gasteiger partial charge is 0.339 e. The molecule has 4 heteroatoms. The highest BCUT2D eigenvalue weighted by molar-refractivity contribution is 5.81. The fourth-order valence-corrected chi connectivity index (χ4v) is 5.18. The molecule has 0 saturated heterocycles. The lowest BCUT2D eigenvalue weighted by Crippen LogP contribution is -2.49. The first-order valence-corrected chi connectivity index (χ1v) is 7.90. The average Bonchev–Trinajstić information content (AvgIpc) is 2.86. The van der Waals surface area contributed by atoms with Gasteiger partial charge in [0, 0.05) is 5.41 Å². The zero-order valence-corrected chi connectivity index (χ0v) is 12.3. The van der Waals surface area contributed by atoms with E-state index in [-0.39, 0.29) is 17.1 Å². The van der Waals surface area contributed by atoms with Crippen molar-refractivity contribution in [3.05, 3.63) is 11.7 Å². The van der Waals surface area contributed by atoms with Crippen molar-refractivity contribution in [2.45, 2.75) is 63.7 Å². The summed E-state index contributed by atoms with van der Waals surface area (Å²) in [6.07, 6.45) is 7.92. The lowest BCUT2D eigenvalue weighted by molar-refractivity contribution is -0.118. The molecule has 1 aromatic rings. The first-order chi connectivity index (χ1) is 9.56. The Morgan fingerprint density at radius 2 is 1.75 bits per heavy atom. The molecule has 0 amide bonds. The van der Waals surface area contributed by atoms with Gasteiger partial charge in [0.25, 0.3) is 0 Å². The van der Waals surface area contributed by atoms with Crippen LogP contribution in [0.25, 0.3) is 0 Å². The fourth-order valence-electron chi connectivity index (χ4n) is 5.18. The third kappa shape index (κ3) is 1.76. The van der Waals surface area contributed by atoms with E-state index < -0.39 is 0 Å². The van der Waals surface area contributed by atoms with E-state index in [0.717, 1.165) is 23.6 Å². The Kier molecular flexibility index (Phi) is 2.60. The van der Waals surface area contributed by atoms with E-state index in [4.69, 9.17) is 4.52 Å². The summed E-state index contributed by atoms with van der Waals surface area (Å²) in [5.41, 5.74) is 0.160. The number of Topliss-reactive ketones (excluding diaryl/α,β-unsaturated/α-hetero) is 1. The van der Waals surface area contributed by atoms with Gasteiger partial charge < -0.3 is 4.52 Å². The Hall–Kier alpha value is -1.19. The van der Waals surface area contributed by atoms with E-state index in [1.165, 1.54) is 38.5 Å². The monoisotopic (exact) mass is 274 g/mol. The molecule has 1 heterocycles. The van der Waals surface area contributed by atoms with Crippen LogP contribution in [0.3, 0.4) is 0 Å². The van der Waals surface area contributed by atoms with Crippen LogP contribution in [0.4, 0.5) is 0 Å². The zero-order chi connectivity index (χ0) is 13.9. The van der Waals surface area contributed by atoms with Gasteiger partial charge in [-0.3, -0.25) is 4.79 Å². The minimum atomic E-state index is -0.273. The van der Waals surface area contributed by atoms with Crippen LogP contribution >= 0.6 is 0 Å². The molecule has 1 unspecified atom stereocenters. The van der Waals surface area contributed by atoms with Gasteiger partial charge in [0.2, 0.25) is 5.89 Å². The van der Waals surface area contributed by atoms with Crippen molar-refractivity contribution in [1.82, 2.24) is 10.1 Å². The molecule has 0 N–H and O–H groups in total. The lowest BCUT2D eigenvalue weighted by Gasteiger charge is -2.55. The number of carbonyl (C=O) groups excluding carboxylic acids is 1. The summed E-state index contributed by atoms with van der Waals surface area (Å²) < 4.78 is 5.40. The molecule has 4 aliphatic carbocycles. The molecular weight excluding hydrogens is 252 g/mol. The molecule has 20 heavy (non-hydrogen) atoms. The van der Waals surface area contributed by atoms with Crippen molar-refractivity contribution >= 4 is 5.78 Å². The Labute approximate surface area is 119 Å². The van der Waals surface area contributed by atoms with E-state index >= 15 is 0 Å². The van der Waals surface area contributed by atoms with Gasteiger partial charge in [0.1, 0.15) is 5.78 Å². The average molecular weight is 274 g/mol. The van der Waals surface area contributed by atoms with Gasteiger partial charge in [0.15, 0.2) is 5.82 Å². The summed E-state index contributed by atoms with van der Waals surface area (Å²) in [5.74, 6) is 3.81. The lowest BCUT2D eigenvalue weighted by atomic mass is 9.49. The summed E-state index contributed by atoms with van der Waals surface area (Å²) in [7, 11) is 0. The second-order valence-electron chi connectivity index (χ2n) is 7.49. The van der Waals surface area contributed by atoms with E-state index in [1.54, 1.807) is 6.92 Å². The van der Waals surface area contributed by atoms with E-state index in [2.05, 4.69) is 10.1 Å². The second-order valence-corrected chi connectivity index (χ2v) is 7.49. The van der Waals surface area contributed by atoms with Crippen LogP contribution in [0.1, 0.15) is 70.0 Å². The van der Waals surface area contributed by atoms with Crippen molar-refractivity contribution in [2.75, 3.05) is 0 Å². The predicted octanol–water partition coefficient (Wildman–Crippen LogP) is 3.23. The molecule has 0 spiro atoms. The molecule has 0 aromatic carbocycles. The highest BCUT2D eigenvalue weighted by atomic mass is 16.5.